The average molecular weight is 295 g/mol. The zero-order chi connectivity index (χ0) is 15.2. The predicted molar refractivity (Wildman–Crippen MR) is 77.6 cm³/mol. The number of likely N-dealkylation sites (tertiary alicyclic amines) is 1. The number of nitrogens with zero attached hydrogens (tertiary/aromatic N) is 1. The number of piperidine rings is 1. The maximum Gasteiger partial charge on any atom is 0.305 e. The van der Waals surface area contributed by atoms with Crippen molar-refractivity contribution in [3.63, 3.8) is 0 Å². The van der Waals surface area contributed by atoms with E-state index in [9.17, 15) is 9.18 Å². The molecule has 1 aromatic carbocycles. The first kappa shape index (κ1) is 15.9. The second kappa shape index (κ2) is 7.52. The van der Waals surface area contributed by atoms with E-state index in [0.717, 1.165) is 43.6 Å². The Morgan fingerprint density at radius 1 is 1.43 bits per heavy atom. The largest absolute Gasteiger partial charge is 0.481 e. The summed E-state index contributed by atoms with van der Waals surface area (Å²) in [7, 11) is 0. The minimum atomic E-state index is -0.825. The molecule has 1 saturated heterocycles. The summed E-state index contributed by atoms with van der Waals surface area (Å²) in [5.74, 6) is -1.02. The van der Waals surface area contributed by atoms with Crippen LogP contribution in [-0.4, -0.2) is 41.8 Å². The number of halogens is 1. The summed E-state index contributed by atoms with van der Waals surface area (Å²) in [4.78, 5) is 12.7. The molecule has 5 heteroatoms. The molecule has 21 heavy (non-hydrogen) atoms. The lowest BCUT2D eigenvalue weighted by Crippen LogP contribution is -2.37. The molecule has 116 valence electrons. The minimum Gasteiger partial charge on any atom is -0.481 e. The molecule has 0 bridgehead atoms. The Bertz CT molecular complexity index is 484. The summed E-state index contributed by atoms with van der Waals surface area (Å²) in [6.45, 7) is 4.83. The summed E-state index contributed by atoms with van der Waals surface area (Å²) in [5.41, 5.74) is 2.14. The fraction of sp³-hybridized carbons (Fsp3) is 0.562. The van der Waals surface area contributed by atoms with Crippen LogP contribution < -0.4 is 0 Å². The van der Waals surface area contributed by atoms with Gasteiger partial charge in [-0.15, -0.1) is 0 Å². The molecule has 4 nitrogen and oxygen atoms in total. The highest BCUT2D eigenvalue weighted by atomic mass is 19.1. The molecule has 0 radical (unpaired) electrons. The molecule has 0 spiro atoms. The maximum absolute atomic E-state index is 13.3. The normalized spacial score (nSPS) is 17.0. The van der Waals surface area contributed by atoms with Gasteiger partial charge in [-0.1, -0.05) is 6.07 Å². The van der Waals surface area contributed by atoms with Gasteiger partial charge in [0.2, 0.25) is 0 Å². The standard InChI is InChI=1S/C16H22FNO3/c1-12-2-3-14(17)10-13(12)11-18-7-4-15(5-8-18)21-9-6-16(19)20/h2-3,10,15H,4-9,11H2,1H3,(H,19,20). The van der Waals surface area contributed by atoms with Crippen LogP contribution >= 0.6 is 0 Å². The predicted octanol–water partition coefficient (Wildman–Crippen LogP) is 2.59. The molecule has 1 aliphatic heterocycles. The molecule has 0 amide bonds. The van der Waals surface area contributed by atoms with Gasteiger partial charge >= 0.3 is 5.97 Å². The van der Waals surface area contributed by atoms with Crippen molar-refractivity contribution >= 4 is 5.97 Å². The summed E-state index contributed by atoms with van der Waals surface area (Å²) >= 11 is 0. The van der Waals surface area contributed by atoms with Crippen molar-refractivity contribution in [1.82, 2.24) is 4.90 Å². The number of hydrogen-bond donors (Lipinski definition) is 1. The maximum atomic E-state index is 13.3. The van der Waals surface area contributed by atoms with Crippen LogP contribution in [0.1, 0.15) is 30.4 Å². The van der Waals surface area contributed by atoms with Gasteiger partial charge in [-0.05, 0) is 43.0 Å². The molecule has 0 aromatic heterocycles. The van der Waals surface area contributed by atoms with Crippen molar-refractivity contribution in [2.45, 2.75) is 38.8 Å². The third-order valence-corrected chi connectivity index (χ3v) is 3.91. The van der Waals surface area contributed by atoms with E-state index < -0.39 is 5.97 Å². The average Bonchev–Trinajstić information content (AvgIpc) is 2.44. The van der Waals surface area contributed by atoms with Crippen molar-refractivity contribution < 1.29 is 19.0 Å². The number of ether oxygens (including phenoxy) is 1. The molecule has 1 aliphatic rings. The molecular weight excluding hydrogens is 273 g/mol. The molecule has 1 N–H and O–H groups in total. The number of hydrogen-bond acceptors (Lipinski definition) is 3. The third-order valence-electron chi connectivity index (χ3n) is 3.91. The number of aryl methyl sites for hydroxylation is 1. The number of carboxylic acids is 1. The van der Waals surface area contributed by atoms with Crippen LogP contribution in [0.15, 0.2) is 18.2 Å². The van der Waals surface area contributed by atoms with Crippen LogP contribution in [0.3, 0.4) is 0 Å². The van der Waals surface area contributed by atoms with Crippen molar-refractivity contribution in [1.29, 1.82) is 0 Å². The van der Waals surface area contributed by atoms with Gasteiger partial charge in [0.25, 0.3) is 0 Å². The number of carboxylic acid groups (broad SMARTS) is 1. The molecule has 1 aromatic rings. The first-order valence-corrected chi connectivity index (χ1v) is 7.35. The van der Waals surface area contributed by atoms with Crippen molar-refractivity contribution in [2.24, 2.45) is 0 Å². The topological polar surface area (TPSA) is 49.8 Å². The Hall–Kier alpha value is -1.46. The van der Waals surface area contributed by atoms with E-state index in [1.165, 1.54) is 6.07 Å². The zero-order valence-corrected chi connectivity index (χ0v) is 12.3. The summed E-state index contributed by atoms with van der Waals surface area (Å²) in [5, 5.41) is 8.58. The van der Waals surface area contributed by atoms with Crippen LogP contribution in [-0.2, 0) is 16.1 Å². The summed E-state index contributed by atoms with van der Waals surface area (Å²) in [6.07, 6.45) is 2.00. The lowest BCUT2D eigenvalue weighted by atomic mass is 10.0. The molecule has 0 atom stereocenters. The Kier molecular flexibility index (Phi) is 5.70. The molecule has 0 unspecified atom stereocenters. The molecule has 1 fully saturated rings. The van der Waals surface area contributed by atoms with E-state index in [-0.39, 0.29) is 24.9 Å². The van der Waals surface area contributed by atoms with Gasteiger partial charge in [-0.2, -0.15) is 0 Å². The Morgan fingerprint density at radius 3 is 2.81 bits per heavy atom. The zero-order valence-electron chi connectivity index (χ0n) is 12.3. The molecule has 0 saturated carbocycles. The molecule has 0 aliphatic carbocycles. The lowest BCUT2D eigenvalue weighted by molar-refractivity contribution is -0.138. The van der Waals surface area contributed by atoms with E-state index in [1.54, 1.807) is 6.07 Å². The van der Waals surface area contributed by atoms with Crippen molar-refractivity contribution in [3.05, 3.63) is 35.1 Å². The SMILES string of the molecule is Cc1ccc(F)cc1CN1CCC(OCCC(=O)O)CC1. The van der Waals surface area contributed by atoms with Crippen molar-refractivity contribution in [2.75, 3.05) is 19.7 Å². The summed E-state index contributed by atoms with van der Waals surface area (Å²) in [6, 6.07) is 4.90. The first-order chi connectivity index (χ1) is 10.0. The van der Waals surface area contributed by atoms with Gasteiger partial charge in [0.1, 0.15) is 5.82 Å². The quantitative estimate of drug-likeness (QED) is 0.876. The van der Waals surface area contributed by atoms with E-state index >= 15 is 0 Å². The Morgan fingerprint density at radius 2 is 2.14 bits per heavy atom. The highest BCUT2D eigenvalue weighted by Crippen LogP contribution is 2.18. The van der Waals surface area contributed by atoms with Gasteiger partial charge in [-0.25, -0.2) is 4.39 Å². The van der Waals surface area contributed by atoms with E-state index in [4.69, 9.17) is 9.84 Å². The highest BCUT2D eigenvalue weighted by molar-refractivity contribution is 5.66. The van der Waals surface area contributed by atoms with Crippen LogP contribution in [0.4, 0.5) is 4.39 Å². The second-order valence-corrected chi connectivity index (χ2v) is 5.56. The smallest absolute Gasteiger partial charge is 0.305 e. The Labute approximate surface area is 124 Å². The Balaban J connectivity index is 1.76. The second-order valence-electron chi connectivity index (χ2n) is 5.56. The number of rotatable bonds is 6. The van der Waals surface area contributed by atoms with Crippen LogP contribution in [0.25, 0.3) is 0 Å². The third kappa shape index (κ3) is 5.10. The number of carbonyl (C=O) groups is 1. The van der Waals surface area contributed by atoms with Crippen LogP contribution in [0.5, 0.6) is 0 Å². The van der Waals surface area contributed by atoms with Gasteiger partial charge in [0, 0.05) is 19.6 Å². The fourth-order valence-electron chi connectivity index (χ4n) is 2.60. The molecule has 1 heterocycles. The number of aliphatic carboxylic acids is 1. The lowest BCUT2D eigenvalue weighted by Gasteiger charge is -2.32. The first-order valence-electron chi connectivity index (χ1n) is 7.35. The number of benzene rings is 1. The van der Waals surface area contributed by atoms with Gasteiger partial charge in [0.05, 0.1) is 19.1 Å². The van der Waals surface area contributed by atoms with Crippen LogP contribution in [0, 0.1) is 12.7 Å². The van der Waals surface area contributed by atoms with Gasteiger partial charge in [0.15, 0.2) is 0 Å². The van der Waals surface area contributed by atoms with Gasteiger partial charge in [-0.3, -0.25) is 9.69 Å². The van der Waals surface area contributed by atoms with Crippen molar-refractivity contribution in [3.8, 4) is 0 Å². The van der Waals surface area contributed by atoms with E-state index in [0.29, 0.717) is 0 Å². The monoisotopic (exact) mass is 295 g/mol. The highest BCUT2D eigenvalue weighted by Gasteiger charge is 2.20. The van der Waals surface area contributed by atoms with Gasteiger partial charge < -0.3 is 9.84 Å². The molecule has 2 rings (SSSR count). The molecular formula is C16H22FNO3. The van der Waals surface area contributed by atoms with E-state index in [2.05, 4.69) is 4.90 Å². The fourth-order valence-corrected chi connectivity index (χ4v) is 2.60. The van der Waals surface area contributed by atoms with E-state index in [1.807, 2.05) is 13.0 Å². The minimum absolute atomic E-state index is 0.0582. The van der Waals surface area contributed by atoms with Crippen LogP contribution in [0.2, 0.25) is 0 Å². The summed E-state index contributed by atoms with van der Waals surface area (Å²) < 4.78 is 18.8.